The number of amides is 1. The molecule has 1 N–H and O–H groups in total. The van der Waals surface area contributed by atoms with Crippen molar-refractivity contribution in [1.29, 1.82) is 0 Å². The molecule has 1 aliphatic rings. The van der Waals surface area contributed by atoms with Crippen LogP contribution in [0.3, 0.4) is 0 Å². The molecule has 130 valence electrons. The topological polar surface area (TPSA) is 79.0 Å². The number of hydrogen-bond donors (Lipinski definition) is 1. The van der Waals surface area contributed by atoms with Gasteiger partial charge in [-0.2, -0.15) is 4.31 Å². The summed E-state index contributed by atoms with van der Waals surface area (Å²) in [6.07, 6.45) is 0. The molecule has 23 heavy (non-hydrogen) atoms. The smallest absolute Gasteiger partial charge is 0.243 e. The van der Waals surface area contributed by atoms with Crippen LogP contribution in [-0.2, 0) is 14.8 Å². The van der Waals surface area contributed by atoms with Gasteiger partial charge in [-0.1, -0.05) is 0 Å². The number of benzene rings is 1. The van der Waals surface area contributed by atoms with Gasteiger partial charge in [-0.15, -0.1) is 0 Å². The van der Waals surface area contributed by atoms with E-state index in [4.69, 9.17) is 4.74 Å². The Morgan fingerprint density at radius 1 is 1.22 bits per heavy atom. The second-order valence-electron chi connectivity index (χ2n) is 5.25. The van der Waals surface area contributed by atoms with Crippen molar-refractivity contribution >= 4 is 21.6 Å². The van der Waals surface area contributed by atoms with Crippen molar-refractivity contribution in [3.63, 3.8) is 0 Å². The summed E-state index contributed by atoms with van der Waals surface area (Å²) in [5.41, 5.74) is 0.451. The Kier molecular flexibility index (Phi) is 6.82. The summed E-state index contributed by atoms with van der Waals surface area (Å²) in [7, 11) is -0.144. The van der Waals surface area contributed by atoms with Crippen LogP contribution in [0.25, 0.3) is 0 Å². The lowest BCUT2D eigenvalue weighted by molar-refractivity contribution is -0.114. The normalized spacial score (nSPS) is 16.5. The largest absolute Gasteiger partial charge is 1.00 e. The number of nitrogens with zero attached hydrogens (tertiary/aromatic N) is 2. The van der Waals surface area contributed by atoms with E-state index in [1.807, 2.05) is 7.05 Å². The summed E-state index contributed by atoms with van der Waals surface area (Å²) in [5.74, 6) is 0.0818. The maximum Gasteiger partial charge on any atom is 0.243 e. The van der Waals surface area contributed by atoms with E-state index in [2.05, 4.69) is 10.2 Å². The number of likely N-dealkylation sites (N-methyl/N-ethyl adjacent to an activating group) is 1. The number of nitrogens with one attached hydrogen (secondary N) is 1. The molecule has 0 aromatic heterocycles. The van der Waals surface area contributed by atoms with E-state index in [1.54, 1.807) is 6.07 Å². The van der Waals surface area contributed by atoms with E-state index in [9.17, 15) is 13.2 Å². The minimum absolute atomic E-state index is 0. The number of carbonyl (C=O) groups is 1. The molecule has 0 bridgehead atoms. The standard InChI is InChI=1S/C14H21N3O4S.ClH/c1-11(18)15-13-5-4-12(10-14(13)21-3)22(19,20)17-8-6-16(2)7-9-17;/h4-5,10H,6-9H2,1-3H3,(H,15,18);1H/p-1. The van der Waals surface area contributed by atoms with Gasteiger partial charge in [0, 0.05) is 39.2 Å². The van der Waals surface area contributed by atoms with Crippen LogP contribution in [-0.4, -0.2) is 63.9 Å². The first-order valence-corrected chi connectivity index (χ1v) is 8.43. The van der Waals surface area contributed by atoms with Gasteiger partial charge in [-0.3, -0.25) is 4.79 Å². The Bertz CT molecular complexity index is 658. The molecule has 1 fully saturated rings. The fraction of sp³-hybridized carbons (Fsp3) is 0.500. The highest BCUT2D eigenvalue weighted by Crippen LogP contribution is 2.29. The zero-order chi connectivity index (χ0) is 16.3. The molecule has 0 aliphatic carbocycles. The monoisotopic (exact) mass is 362 g/mol. The lowest BCUT2D eigenvalue weighted by Crippen LogP contribution is -3.00. The summed E-state index contributed by atoms with van der Waals surface area (Å²) in [6.45, 7) is 3.73. The third-order valence-electron chi connectivity index (χ3n) is 3.58. The first-order chi connectivity index (χ1) is 10.3. The van der Waals surface area contributed by atoms with Gasteiger partial charge in [0.05, 0.1) is 17.7 Å². The second-order valence-corrected chi connectivity index (χ2v) is 7.19. The van der Waals surface area contributed by atoms with Gasteiger partial charge < -0.3 is 27.4 Å². The molecule has 1 amide bonds. The van der Waals surface area contributed by atoms with Gasteiger partial charge in [0.15, 0.2) is 0 Å². The number of piperazine rings is 1. The minimum Gasteiger partial charge on any atom is -1.00 e. The molecule has 1 aromatic carbocycles. The molecule has 0 spiro atoms. The number of rotatable bonds is 4. The third kappa shape index (κ3) is 4.57. The van der Waals surface area contributed by atoms with Crippen LogP contribution in [0.15, 0.2) is 23.1 Å². The molecular weight excluding hydrogens is 342 g/mol. The number of anilines is 1. The first-order valence-electron chi connectivity index (χ1n) is 6.99. The van der Waals surface area contributed by atoms with Crippen LogP contribution < -0.4 is 22.5 Å². The van der Waals surface area contributed by atoms with E-state index in [1.165, 1.54) is 30.5 Å². The number of methoxy groups -OCH3 is 1. The molecule has 1 aromatic rings. The van der Waals surface area contributed by atoms with Crippen molar-refractivity contribution in [2.75, 3.05) is 45.7 Å². The molecule has 7 nitrogen and oxygen atoms in total. The third-order valence-corrected chi connectivity index (χ3v) is 5.48. The van der Waals surface area contributed by atoms with Crippen LogP contribution in [0.5, 0.6) is 5.75 Å². The van der Waals surface area contributed by atoms with Crippen molar-refractivity contribution in [3.05, 3.63) is 18.2 Å². The molecule has 2 rings (SSSR count). The zero-order valence-corrected chi connectivity index (χ0v) is 14.9. The van der Waals surface area contributed by atoms with Gasteiger partial charge in [0.2, 0.25) is 15.9 Å². The van der Waals surface area contributed by atoms with Crippen molar-refractivity contribution in [3.8, 4) is 5.75 Å². The average Bonchev–Trinajstić information content (AvgIpc) is 2.47. The van der Waals surface area contributed by atoms with Crippen molar-refractivity contribution in [2.24, 2.45) is 0 Å². The summed E-state index contributed by atoms with van der Waals surface area (Å²) < 4.78 is 32.0. The summed E-state index contributed by atoms with van der Waals surface area (Å²) in [6, 6.07) is 4.48. The average molecular weight is 363 g/mol. The highest BCUT2D eigenvalue weighted by Gasteiger charge is 2.28. The maximum atomic E-state index is 12.7. The molecule has 0 saturated carbocycles. The van der Waals surface area contributed by atoms with E-state index in [-0.39, 0.29) is 23.2 Å². The summed E-state index contributed by atoms with van der Waals surface area (Å²) in [5, 5.41) is 2.61. The Hall–Kier alpha value is -1.35. The Balaban J connectivity index is 0.00000264. The SMILES string of the molecule is COc1cc(S(=O)(=O)N2CCN(C)CC2)ccc1NC(C)=O.[Cl-]. The minimum atomic E-state index is -3.55. The predicted octanol–water partition coefficient (Wildman–Crippen LogP) is -2.41. The fourth-order valence-electron chi connectivity index (χ4n) is 2.30. The van der Waals surface area contributed by atoms with Gasteiger partial charge in [0.25, 0.3) is 0 Å². The molecule has 0 unspecified atom stereocenters. The Morgan fingerprint density at radius 2 is 1.83 bits per heavy atom. The van der Waals surface area contributed by atoms with Crippen molar-refractivity contribution in [1.82, 2.24) is 9.21 Å². The van der Waals surface area contributed by atoms with E-state index in [0.717, 1.165) is 0 Å². The lowest BCUT2D eigenvalue weighted by Gasteiger charge is -2.31. The molecule has 0 atom stereocenters. The molecule has 9 heteroatoms. The fourth-order valence-corrected chi connectivity index (χ4v) is 3.74. The van der Waals surface area contributed by atoms with Crippen LogP contribution in [0.1, 0.15) is 6.92 Å². The van der Waals surface area contributed by atoms with Crippen molar-refractivity contribution < 1.29 is 30.4 Å². The molecular formula is C14H21ClN3O4S-. The van der Waals surface area contributed by atoms with Gasteiger partial charge in [-0.05, 0) is 19.2 Å². The van der Waals surface area contributed by atoms with Crippen molar-refractivity contribution in [2.45, 2.75) is 11.8 Å². The van der Waals surface area contributed by atoms with Crippen LogP contribution in [0, 0.1) is 0 Å². The van der Waals surface area contributed by atoms with Gasteiger partial charge in [-0.25, -0.2) is 8.42 Å². The molecule has 1 saturated heterocycles. The molecule has 1 aliphatic heterocycles. The maximum absolute atomic E-state index is 12.7. The van der Waals surface area contributed by atoms with E-state index < -0.39 is 10.0 Å². The number of carbonyl (C=O) groups excluding carboxylic acids is 1. The zero-order valence-electron chi connectivity index (χ0n) is 13.4. The number of ether oxygens (including phenoxy) is 1. The van der Waals surface area contributed by atoms with Gasteiger partial charge >= 0.3 is 0 Å². The highest BCUT2D eigenvalue weighted by atomic mass is 35.5. The highest BCUT2D eigenvalue weighted by molar-refractivity contribution is 7.89. The van der Waals surface area contributed by atoms with Crippen LogP contribution in [0.4, 0.5) is 5.69 Å². The second kappa shape index (κ2) is 7.96. The predicted molar refractivity (Wildman–Crippen MR) is 83.6 cm³/mol. The quantitative estimate of drug-likeness (QED) is 0.645. The number of sulfonamides is 1. The summed E-state index contributed by atoms with van der Waals surface area (Å²) >= 11 is 0. The summed E-state index contributed by atoms with van der Waals surface area (Å²) in [4.78, 5) is 13.4. The number of hydrogen-bond acceptors (Lipinski definition) is 5. The van der Waals surface area contributed by atoms with Crippen LogP contribution in [0.2, 0.25) is 0 Å². The van der Waals surface area contributed by atoms with E-state index >= 15 is 0 Å². The lowest BCUT2D eigenvalue weighted by atomic mass is 10.3. The first kappa shape index (κ1) is 19.7. The Labute approximate surface area is 143 Å². The number of halogens is 1. The van der Waals surface area contributed by atoms with Gasteiger partial charge in [0.1, 0.15) is 5.75 Å². The Morgan fingerprint density at radius 3 is 2.35 bits per heavy atom. The van der Waals surface area contributed by atoms with E-state index in [0.29, 0.717) is 37.6 Å². The molecule has 0 radical (unpaired) electrons. The molecule has 1 heterocycles. The van der Waals surface area contributed by atoms with Crippen LogP contribution >= 0.6 is 0 Å².